The summed E-state index contributed by atoms with van der Waals surface area (Å²) in [5, 5.41) is 6.26. The standard InChI is InChI=1S/C18H16N4OS/c1-12-11-14(13-7-3-2-4-8-13)16(17(23)20-12)22-18(24)21-15-9-5-6-10-19-15/h2-11H,1H3,(H,20,23)(H2,19,21,22,24). The fourth-order valence-electron chi connectivity index (χ4n) is 2.36. The predicted octanol–water partition coefficient (Wildman–Crippen LogP) is 3.55. The van der Waals surface area contributed by atoms with Crippen molar-refractivity contribution >= 4 is 28.8 Å². The van der Waals surface area contributed by atoms with Gasteiger partial charge in [-0.05, 0) is 42.9 Å². The van der Waals surface area contributed by atoms with E-state index >= 15 is 0 Å². The van der Waals surface area contributed by atoms with E-state index in [4.69, 9.17) is 12.2 Å². The van der Waals surface area contributed by atoms with Gasteiger partial charge < -0.3 is 15.6 Å². The molecule has 2 heterocycles. The minimum Gasteiger partial charge on any atom is -0.327 e. The highest BCUT2D eigenvalue weighted by atomic mass is 32.1. The number of hydrogen-bond donors (Lipinski definition) is 3. The molecule has 0 amide bonds. The molecule has 0 aliphatic carbocycles. The van der Waals surface area contributed by atoms with Crippen LogP contribution in [-0.4, -0.2) is 15.1 Å². The smallest absolute Gasteiger partial charge is 0.272 e. The minimum atomic E-state index is -0.223. The lowest BCUT2D eigenvalue weighted by molar-refractivity contribution is 1.15. The number of nitrogens with zero attached hydrogens (tertiary/aromatic N) is 1. The van der Waals surface area contributed by atoms with Gasteiger partial charge in [-0.2, -0.15) is 0 Å². The third kappa shape index (κ3) is 3.67. The van der Waals surface area contributed by atoms with Crippen LogP contribution in [0.3, 0.4) is 0 Å². The molecule has 120 valence electrons. The third-order valence-corrected chi connectivity index (χ3v) is 3.60. The number of thiocarbonyl (C=S) groups is 1. The summed E-state index contributed by atoms with van der Waals surface area (Å²) in [5.74, 6) is 0.611. The van der Waals surface area contributed by atoms with Gasteiger partial charge in [0, 0.05) is 17.5 Å². The van der Waals surface area contributed by atoms with Gasteiger partial charge in [0.1, 0.15) is 11.5 Å². The summed E-state index contributed by atoms with van der Waals surface area (Å²) in [7, 11) is 0. The number of aromatic nitrogens is 2. The Balaban J connectivity index is 1.93. The summed E-state index contributed by atoms with van der Waals surface area (Å²) in [6.45, 7) is 1.85. The summed E-state index contributed by atoms with van der Waals surface area (Å²) < 4.78 is 0. The van der Waals surface area contributed by atoms with Crippen molar-refractivity contribution in [2.75, 3.05) is 10.6 Å². The monoisotopic (exact) mass is 336 g/mol. The van der Waals surface area contributed by atoms with Crippen LogP contribution >= 0.6 is 12.2 Å². The van der Waals surface area contributed by atoms with Gasteiger partial charge in [0.05, 0.1) is 0 Å². The van der Waals surface area contributed by atoms with Crippen LogP contribution in [0.4, 0.5) is 11.5 Å². The van der Waals surface area contributed by atoms with Crippen LogP contribution in [0.1, 0.15) is 5.69 Å². The van der Waals surface area contributed by atoms with Crippen LogP contribution in [0.5, 0.6) is 0 Å². The normalized spacial score (nSPS) is 10.2. The predicted molar refractivity (Wildman–Crippen MR) is 101 cm³/mol. The zero-order chi connectivity index (χ0) is 16.9. The Hall–Kier alpha value is -2.99. The van der Waals surface area contributed by atoms with E-state index in [1.54, 1.807) is 12.3 Å². The number of anilines is 2. The highest BCUT2D eigenvalue weighted by Crippen LogP contribution is 2.25. The minimum absolute atomic E-state index is 0.223. The van der Waals surface area contributed by atoms with E-state index in [1.807, 2.05) is 55.5 Å². The first-order valence-corrected chi connectivity index (χ1v) is 7.83. The average Bonchev–Trinajstić information content (AvgIpc) is 2.59. The van der Waals surface area contributed by atoms with E-state index in [1.165, 1.54) is 0 Å². The molecule has 0 fully saturated rings. The quantitative estimate of drug-likeness (QED) is 0.638. The summed E-state index contributed by atoms with van der Waals surface area (Å²) in [6.07, 6.45) is 1.67. The van der Waals surface area contributed by atoms with Gasteiger partial charge in [-0.3, -0.25) is 4.79 Å². The maximum atomic E-state index is 12.4. The largest absolute Gasteiger partial charge is 0.327 e. The third-order valence-electron chi connectivity index (χ3n) is 3.40. The molecular formula is C18H16N4OS. The van der Waals surface area contributed by atoms with Gasteiger partial charge in [-0.15, -0.1) is 0 Å². The van der Waals surface area contributed by atoms with Crippen molar-refractivity contribution in [3.63, 3.8) is 0 Å². The van der Waals surface area contributed by atoms with Crippen molar-refractivity contribution in [1.29, 1.82) is 0 Å². The second-order valence-electron chi connectivity index (χ2n) is 5.23. The molecule has 0 spiro atoms. The molecule has 2 aromatic heterocycles. The summed E-state index contributed by atoms with van der Waals surface area (Å²) in [5.41, 5.74) is 2.70. The molecule has 24 heavy (non-hydrogen) atoms. The number of rotatable bonds is 3. The van der Waals surface area contributed by atoms with Crippen LogP contribution in [0.2, 0.25) is 0 Å². The Morgan fingerprint density at radius 2 is 1.83 bits per heavy atom. The van der Waals surface area contributed by atoms with E-state index < -0.39 is 0 Å². The fourth-order valence-corrected chi connectivity index (χ4v) is 2.56. The van der Waals surface area contributed by atoms with Gasteiger partial charge in [-0.1, -0.05) is 36.4 Å². The lowest BCUT2D eigenvalue weighted by Gasteiger charge is -2.14. The number of aromatic amines is 1. The molecule has 3 aromatic rings. The average molecular weight is 336 g/mol. The SMILES string of the molecule is Cc1cc(-c2ccccc2)c(NC(=S)Nc2ccccn2)c(=O)[nH]1. The van der Waals surface area contributed by atoms with Gasteiger partial charge in [0.25, 0.3) is 5.56 Å². The van der Waals surface area contributed by atoms with E-state index in [9.17, 15) is 4.79 Å². The molecule has 0 aliphatic rings. The molecule has 1 aromatic carbocycles. The lowest BCUT2D eigenvalue weighted by atomic mass is 10.0. The number of nitrogens with one attached hydrogen (secondary N) is 3. The molecule has 0 atom stereocenters. The van der Waals surface area contributed by atoms with Gasteiger partial charge in [0.15, 0.2) is 5.11 Å². The molecule has 0 saturated carbocycles. The molecule has 0 radical (unpaired) electrons. The van der Waals surface area contributed by atoms with Gasteiger partial charge >= 0.3 is 0 Å². The van der Waals surface area contributed by atoms with Crippen LogP contribution < -0.4 is 16.2 Å². The molecule has 0 bridgehead atoms. The first-order chi connectivity index (χ1) is 11.6. The maximum absolute atomic E-state index is 12.4. The molecule has 0 aliphatic heterocycles. The zero-order valence-electron chi connectivity index (χ0n) is 13.0. The highest BCUT2D eigenvalue weighted by molar-refractivity contribution is 7.80. The van der Waals surface area contributed by atoms with Crippen molar-refractivity contribution in [3.8, 4) is 11.1 Å². The van der Waals surface area contributed by atoms with Crippen LogP contribution in [0, 0.1) is 6.92 Å². The van der Waals surface area contributed by atoms with E-state index in [0.29, 0.717) is 16.6 Å². The molecule has 3 N–H and O–H groups in total. The van der Waals surface area contributed by atoms with Gasteiger partial charge in [-0.25, -0.2) is 4.98 Å². The van der Waals surface area contributed by atoms with Crippen molar-refractivity contribution in [3.05, 3.63) is 76.8 Å². The topological polar surface area (TPSA) is 69.8 Å². The van der Waals surface area contributed by atoms with Gasteiger partial charge in [0.2, 0.25) is 0 Å². The molecular weight excluding hydrogens is 320 g/mol. The molecule has 0 saturated heterocycles. The Labute approximate surface area is 144 Å². The Morgan fingerprint density at radius 3 is 2.54 bits per heavy atom. The highest BCUT2D eigenvalue weighted by Gasteiger charge is 2.12. The van der Waals surface area contributed by atoms with E-state index in [0.717, 1.165) is 16.8 Å². The van der Waals surface area contributed by atoms with E-state index in [-0.39, 0.29) is 5.56 Å². The Kier molecular flexibility index (Phi) is 4.67. The Morgan fingerprint density at radius 1 is 1.08 bits per heavy atom. The fraction of sp³-hybridized carbons (Fsp3) is 0.0556. The first-order valence-electron chi connectivity index (χ1n) is 7.42. The van der Waals surface area contributed by atoms with Crippen LogP contribution in [-0.2, 0) is 0 Å². The number of benzene rings is 1. The molecule has 5 nitrogen and oxygen atoms in total. The van der Waals surface area contributed by atoms with Crippen molar-refractivity contribution in [2.24, 2.45) is 0 Å². The lowest BCUT2D eigenvalue weighted by Crippen LogP contribution is -2.25. The maximum Gasteiger partial charge on any atom is 0.272 e. The molecule has 3 rings (SSSR count). The second-order valence-corrected chi connectivity index (χ2v) is 5.64. The number of hydrogen-bond acceptors (Lipinski definition) is 3. The van der Waals surface area contributed by atoms with Crippen molar-refractivity contribution < 1.29 is 0 Å². The van der Waals surface area contributed by atoms with Crippen LogP contribution in [0.15, 0.2) is 65.6 Å². The van der Waals surface area contributed by atoms with Crippen molar-refractivity contribution in [1.82, 2.24) is 9.97 Å². The number of aryl methyl sites for hydroxylation is 1. The van der Waals surface area contributed by atoms with E-state index in [2.05, 4.69) is 20.6 Å². The number of pyridine rings is 2. The van der Waals surface area contributed by atoms with Crippen molar-refractivity contribution in [2.45, 2.75) is 6.92 Å². The zero-order valence-corrected chi connectivity index (χ0v) is 13.9. The molecule has 0 unspecified atom stereocenters. The summed E-state index contributed by atoms with van der Waals surface area (Å²) in [4.78, 5) is 19.4. The first kappa shape index (κ1) is 15.9. The molecule has 6 heteroatoms. The second kappa shape index (κ2) is 7.06. The summed E-state index contributed by atoms with van der Waals surface area (Å²) >= 11 is 5.31. The Bertz CT molecular complexity index is 907. The number of H-pyrrole nitrogens is 1. The van der Waals surface area contributed by atoms with Crippen LogP contribution in [0.25, 0.3) is 11.1 Å². The summed E-state index contributed by atoms with van der Waals surface area (Å²) in [6, 6.07) is 17.1.